The predicted octanol–water partition coefficient (Wildman–Crippen LogP) is 1.45. The van der Waals surface area contributed by atoms with Crippen molar-refractivity contribution in [3.05, 3.63) is 17.0 Å². The second-order valence-corrected chi connectivity index (χ2v) is 4.14. The van der Waals surface area contributed by atoms with E-state index in [1.807, 2.05) is 0 Å². The number of hydrogen-bond donors (Lipinski definition) is 2. The maximum Gasteiger partial charge on any atom is 0.343 e. The highest BCUT2D eigenvalue weighted by Crippen LogP contribution is 2.18. The van der Waals surface area contributed by atoms with Gasteiger partial charge in [0.25, 0.3) is 0 Å². The number of ether oxygens (including phenoxy) is 1. The Balaban J connectivity index is 3.08. The average molecular weight is 260 g/mol. The second-order valence-electron chi connectivity index (χ2n) is 3.81. The number of nitrogens with zero attached hydrogens (tertiary/aromatic N) is 2. The number of anilines is 1. The van der Waals surface area contributed by atoms with Crippen LogP contribution in [0.3, 0.4) is 0 Å². The molecule has 0 bridgehead atoms. The zero-order valence-corrected chi connectivity index (χ0v) is 10.6. The van der Waals surface area contributed by atoms with Gasteiger partial charge in [-0.1, -0.05) is 0 Å². The molecule has 0 aliphatic carbocycles. The van der Waals surface area contributed by atoms with Gasteiger partial charge in [-0.3, -0.25) is 0 Å². The molecule has 6 nitrogen and oxygen atoms in total. The van der Waals surface area contributed by atoms with E-state index in [1.165, 1.54) is 20.0 Å². The van der Waals surface area contributed by atoms with Crippen molar-refractivity contribution >= 4 is 23.4 Å². The number of esters is 1. The molecule has 1 heterocycles. The van der Waals surface area contributed by atoms with Crippen LogP contribution in [0.15, 0.2) is 6.20 Å². The van der Waals surface area contributed by atoms with E-state index in [-0.39, 0.29) is 23.3 Å². The zero-order chi connectivity index (χ0) is 13.1. The van der Waals surface area contributed by atoms with Crippen LogP contribution in [0.2, 0.25) is 5.28 Å². The SMILES string of the molecule is CCOC(=O)c1cnc(Cl)nc1NC(C)(C)O. The summed E-state index contributed by atoms with van der Waals surface area (Å²) in [5.74, 6) is -0.438. The van der Waals surface area contributed by atoms with E-state index in [0.717, 1.165) is 0 Å². The van der Waals surface area contributed by atoms with E-state index in [1.54, 1.807) is 6.92 Å². The molecule has 7 heteroatoms. The van der Waals surface area contributed by atoms with Gasteiger partial charge in [0.2, 0.25) is 5.28 Å². The number of hydrogen-bond acceptors (Lipinski definition) is 6. The molecule has 2 N–H and O–H groups in total. The van der Waals surface area contributed by atoms with Crippen LogP contribution < -0.4 is 5.32 Å². The molecule has 1 aromatic heterocycles. The van der Waals surface area contributed by atoms with Crippen LogP contribution in [0.4, 0.5) is 5.82 Å². The quantitative estimate of drug-likeness (QED) is 0.484. The highest BCUT2D eigenvalue weighted by Gasteiger charge is 2.20. The lowest BCUT2D eigenvalue weighted by atomic mass is 10.2. The molecule has 1 rings (SSSR count). The molecule has 0 atom stereocenters. The van der Waals surface area contributed by atoms with Crippen molar-refractivity contribution in [3.63, 3.8) is 0 Å². The topological polar surface area (TPSA) is 84.3 Å². The molecular weight excluding hydrogens is 246 g/mol. The number of carbonyl (C=O) groups excluding carboxylic acids is 1. The summed E-state index contributed by atoms with van der Waals surface area (Å²) in [6, 6.07) is 0. The third-order valence-electron chi connectivity index (χ3n) is 1.68. The van der Waals surface area contributed by atoms with Crippen LogP contribution in [0.25, 0.3) is 0 Å². The minimum absolute atomic E-state index is 0.0233. The molecule has 0 amide bonds. The highest BCUT2D eigenvalue weighted by atomic mass is 35.5. The van der Waals surface area contributed by atoms with Gasteiger partial charge in [-0.05, 0) is 32.4 Å². The van der Waals surface area contributed by atoms with Crippen molar-refractivity contribution in [2.24, 2.45) is 0 Å². The molecule has 0 radical (unpaired) electrons. The summed E-state index contributed by atoms with van der Waals surface area (Å²) in [6.45, 7) is 4.96. The Morgan fingerprint density at radius 2 is 2.29 bits per heavy atom. The third kappa shape index (κ3) is 4.16. The van der Waals surface area contributed by atoms with Crippen LogP contribution in [-0.4, -0.2) is 33.4 Å². The molecule has 0 saturated heterocycles. The standard InChI is InChI=1S/C10H14ClN3O3/c1-4-17-8(15)6-5-12-9(11)13-7(6)14-10(2,3)16/h5,16H,4H2,1-3H3,(H,12,13,14). The Bertz CT molecular complexity index is 418. The minimum atomic E-state index is -1.24. The lowest BCUT2D eigenvalue weighted by molar-refractivity contribution is 0.0526. The third-order valence-corrected chi connectivity index (χ3v) is 1.86. The van der Waals surface area contributed by atoms with Gasteiger partial charge in [-0.25, -0.2) is 9.78 Å². The van der Waals surface area contributed by atoms with E-state index >= 15 is 0 Å². The van der Waals surface area contributed by atoms with Gasteiger partial charge in [0.15, 0.2) is 0 Å². The smallest absolute Gasteiger partial charge is 0.343 e. The van der Waals surface area contributed by atoms with E-state index in [9.17, 15) is 9.90 Å². The van der Waals surface area contributed by atoms with Crippen molar-refractivity contribution in [2.45, 2.75) is 26.5 Å². The zero-order valence-electron chi connectivity index (χ0n) is 9.82. The van der Waals surface area contributed by atoms with Crippen molar-refractivity contribution in [3.8, 4) is 0 Å². The predicted molar refractivity (Wildman–Crippen MR) is 62.9 cm³/mol. The summed E-state index contributed by atoms with van der Waals surface area (Å²) in [6.07, 6.45) is 1.25. The number of aliphatic hydroxyl groups is 1. The van der Waals surface area contributed by atoms with Crippen molar-refractivity contribution in [1.29, 1.82) is 0 Å². The molecule has 0 saturated carbocycles. The molecule has 0 spiro atoms. The fraction of sp³-hybridized carbons (Fsp3) is 0.500. The van der Waals surface area contributed by atoms with E-state index in [2.05, 4.69) is 15.3 Å². The molecule has 17 heavy (non-hydrogen) atoms. The Morgan fingerprint density at radius 1 is 1.65 bits per heavy atom. The van der Waals surface area contributed by atoms with Crippen LogP contribution in [0.1, 0.15) is 31.1 Å². The average Bonchev–Trinajstić information content (AvgIpc) is 2.15. The number of aromatic nitrogens is 2. The summed E-state index contributed by atoms with van der Waals surface area (Å²) >= 11 is 5.63. The first-order valence-electron chi connectivity index (χ1n) is 5.03. The molecule has 0 fully saturated rings. The fourth-order valence-corrected chi connectivity index (χ4v) is 1.24. The van der Waals surface area contributed by atoms with Gasteiger partial charge in [-0.2, -0.15) is 4.98 Å². The van der Waals surface area contributed by atoms with Gasteiger partial charge >= 0.3 is 5.97 Å². The maximum absolute atomic E-state index is 11.6. The minimum Gasteiger partial charge on any atom is -0.462 e. The maximum atomic E-state index is 11.6. The largest absolute Gasteiger partial charge is 0.462 e. The molecule has 0 aromatic carbocycles. The summed E-state index contributed by atoms with van der Waals surface area (Å²) in [7, 11) is 0. The first-order chi connectivity index (χ1) is 7.83. The Kier molecular flexibility index (Phi) is 4.25. The number of carbonyl (C=O) groups is 1. The molecule has 94 valence electrons. The van der Waals surface area contributed by atoms with E-state index in [0.29, 0.717) is 0 Å². The molecule has 0 aliphatic rings. The van der Waals surface area contributed by atoms with Crippen molar-refractivity contribution in [2.75, 3.05) is 11.9 Å². The summed E-state index contributed by atoms with van der Waals surface area (Å²) in [5, 5.41) is 12.3. The fourth-order valence-electron chi connectivity index (χ4n) is 1.10. The Hall–Kier alpha value is -1.40. The number of nitrogens with one attached hydrogen (secondary N) is 1. The first-order valence-corrected chi connectivity index (χ1v) is 5.41. The monoisotopic (exact) mass is 259 g/mol. The van der Waals surface area contributed by atoms with Crippen LogP contribution in [0.5, 0.6) is 0 Å². The highest BCUT2D eigenvalue weighted by molar-refractivity contribution is 6.28. The first kappa shape index (κ1) is 13.7. The lowest BCUT2D eigenvalue weighted by Gasteiger charge is -2.21. The van der Waals surface area contributed by atoms with Gasteiger partial charge in [0.05, 0.1) is 6.61 Å². The van der Waals surface area contributed by atoms with Crippen LogP contribution in [0, 0.1) is 0 Å². The molecule has 1 aromatic rings. The van der Waals surface area contributed by atoms with Gasteiger partial charge in [0, 0.05) is 6.20 Å². The second kappa shape index (κ2) is 5.29. The van der Waals surface area contributed by atoms with Crippen LogP contribution >= 0.6 is 11.6 Å². The molecule has 0 aliphatic heterocycles. The van der Waals surface area contributed by atoms with E-state index in [4.69, 9.17) is 16.3 Å². The Morgan fingerprint density at radius 3 is 2.82 bits per heavy atom. The van der Waals surface area contributed by atoms with Crippen molar-refractivity contribution < 1.29 is 14.6 Å². The van der Waals surface area contributed by atoms with Crippen LogP contribution in [-0.2, 0) is 4.74 Å². The number of rotatable bonds is 4. The molecular formula is C10H14ClN3O3. The van der Waals surface area contributed by atoms with Gasteiger partial charge in [-0.15, -0.1) is 0 Å². The lowest BCUT2D eigenvalue weighted by Crippen LogP contribution is -2.31. The van der Waals surface area contributed by atoms with Crippen molar-refractivity contribution in [1.82, 2.24) is 9.97 Å². The normalized spacial score (nSPS) is 11.1. The van der Waals surface area contributed by atoms with Gasteiger partial charge < -0.3 is 15.2 Å². The Labute approximate surface area is 104 Å². The summed E-state index contributed by atoms with van der Waals surface area (Å²) < 4.78 is 4.84. The van der Waals surface area contributed by atoms with Gasteiger partial charge in [0.1, 0.15) is 17.1 Å². The van der Waals surface area contributed by atoms with E-state index < -0.39 is 11.7 Å². The molecule has 0 unspecified atom stereocenters. The summed E-state index contributed by atoms with van der Waals surface area (Å²) in [5.41, 5.74) is -1.11. The summed E-state index contributed by atoms with van der Waals surface area (Å²) in [4.78, 5) is 19.1. The number of halogens is 1.